The number of fused-ring (bicyclic) bond motifs is 1. The van der Waals surface area contributed by atoms with E-state index in [1.807, 2.05) is 9.30 Å². The van der Waals surface area contributed by atoms with Crippen molar-refractivity contribution in [2.45, 2.75) is 12.6 Å². The predicted molar refractivity (Wildman–Crippen MR) is 89.1 cm³/mol. The average molecular weight is 363 g/mol. The Morgan fingerprint density at radius 3 is 2.54 bits per heavy atom. The second-order valence-corrected chi connectivity index (χ2v) is 6.04. The molecule has 0 atom stereocenters. The second kappa shape index (κ2) is 6.43. The van der Waals surface area contributed by atoms with Crippen molar-refractivity contribution in [3.63, 3.8) is 0 Å². The van der Waals surface area contributed by atoms with E-state index >= 15 is 0 Å². The molecule has 3 aromatic rings. The zero-order valence-corrected chi connectivity index (χ0v) is 13.8. The highest BCUT2D eigenvalue weighted by Gasteiger charge is 2.32. The number of pyridine rings is 1. The maximum atomic E-state index is 12.7. The van der Waals surface area contributed by atoms with E-state index in [1.54, 1.807) is 18.7 Å². The van der Waals surface area contributed by atoms with Crippen LogP contribution < -0.4 is 9.80 Å². The molecule has 0 saturated carbocycles. The highest BCUT2D eigenvalue weighted by Crippen LogP contribution is 2.29. The van der Waals surface area contributed by atoms with Gasteiger partial charge in [0.25, 0.3) is 0 Å². The molecule has 0 bridgehead atoms. The van der Waals surface area contributed by atoms with Gasteiger partial charge in [-0.05, 0) is 18.6 Å². The van der Waals surface area contributed by atoms with E-state index in [2.05, 4.69) is 25.1 Å². The van der Waals surface area contributed by atoms with Gasteiger partial charge in [0.15, 0.2) is 5.82 Å². The molecule has 1 aliphatic heterocycles. The number of anilines is 2. The minimum Gasteiger partial charge on any atom is -0.368 e. The Bertz CT molecular complexity index is 891. The lowest BCUT2D eigenvalue weighted by molar-refractivity contribution is -0.141. The molecule has 0 N–H and O–H groups in total. The SMILES string of the molecule is FC(F)(F)c1ccc(N2CCCN(c3nccn4cnnc34)CC2)cn1. The van der Waals surface area contributed by atoms with Crippen LogP contribution in [0.1, 0.15) is 12.1 Å². The third kappa shape index (κ3) is 3.14. The van der Waals surface area contributed by atoms with Gasteiger partial charge in [-0.2, -0.15) is 13.2 Å². The van der Waals surface area contributed by atoms with Gasteiger partial charge in [0.05, 0.1) is 11.9 Å². The van der Waals surface area contributed by atoms with Crippen LogP contribution >= 0.6 is 0 Å². The van der Waals surface area contributed by atoms with Gasteiger partial charge >= 0.3 is 6.18 Å². The molecular formula is C16H16F3N7. The Kier molecular flexibility index (Phi) is 4.09. The number of nitrogens with zero attached hydrogens (tertiary/aromatic N) is 7. The lowest BCUT2D eigenvalue weighted by atomic mass is 10.3. The van der Waals surface area contributed by atoms with Crippen LogP contribution in [0.25, 0.3) is 5.65 Å². The number of aromatic nitrogens is 5. The Hall–Kier alpha value is -2.91. The van der Waals surface area contributed by atoms with Gasteiger partial charge in [-0.15, -0.1) is 10.2 Å². The summed E-state index contributed by atoms with van der Waals surface area (Å²) in [5, 5.41) is 8.02. The fourth-order valence-corrected chi connectivity index (χ4v) is 3.10. The van der Waals surface area contributed by atoms with Gasteiger partial charge in [-0.1, -0.05) is 0 Å². The zero-order chi connectivity index (χ0) is 18.1. The minimum absolute atomic E-state index is 0.657. The lowest BCUT2D eigenvalue weighted by Crippen LogP contribution is -2.31. The minimum atomic E-state index is -4.42. The van der Waals surface area contributed by atoms with E-state index < -0.39 is 11.9 Å². The normalized spacial score (nSPS) is 16.1. The van der Waals surface area contributed by atoms with Crippen molar-refractivity contribution in [3.8, 4) is 0 Å². The quantitative estimate of drug-likeness (QED) is 0.696. The topological polar surface area (TPSA) is 62.5 Å². The summed E-state index contributed by atoms with van der Waals surface area (Å²) in [6.45, 7) is 2.86. The number of halogens is 3. The first-order valence-electron chi connectivity index (χ1n) is 8.20. The molecule has 10 heteroatoms. The molecule has 0 unspecified atom stereocenters. The number of hydrogen-bond donors (Lipinski definition) is 0. The van der Waals surface area contributed by atoms with Crippen LogP contribution in [-0.4, -0.2) is 50.7 Å². The number of alkyl halides is 3. The summed E-state index contributed by atoms with van der Waals surface area (Å²) in [6.07, 6.45) is 2.83. The van der Waals surface area contributed by atoms with Gasteiger partial charge < -0.3 is 9.80 Å². The number of hydrogen-bond acceptors (Lipinski definition) is 6. The molecule has 0 radical (unpaired) electrons. The summed E-state index contributed by atoms with van der Waals surface area (Å²) in [5.41, 5.74) is 0.506. The molecule has 26 heavy (non-hydrogen) atoms. The first-order valence-corrected chi connectivity index (χ1v) is 8.20. The van der Waals surface area contributed by atoms with Crippen molar-refractivity contribution in [2.75, 3.05) is 36.0 Å². The summed E-state index contributed by atoms with van der Waals surface area (Å²) in [5.74, 6) is 0.761. The van der Waals surface area contributed by atoms with Crippen molar-refractivity contribution in [1.29, 1.82) is 0 Å². The van der Waals surface area contributed by atoms with Gasteiger partial charge in [0.1, 0.15) is 12.0 Å². The smallest absolute Gasteiger partial charge is 0.368 e. The Balaban J connectivity index is 1.51. The molecule has 0 amide bonds. The Morgan fingerprint density at radius 2 is 1.77 bits per heavy atom. The molecule has 136 valence electrons. The molecule has 0 spiro atoms. The maximum Gasteiger partial charge on any atom is 0.433 e. The third-order valence-corrected chi connectivity index (χ3v) is 4.40. The van der Waals surface area contributed by atoms with E-state index in [9.17, 15) is 13.2 Å². The molecule has 0 aromatic carbocycles. The fourth-order valence-electron chi connectivity index (χ4n) is 3.10. The van der Waals surface area contributed by atoms with Gasteiger partial charge in [0, 0.05) is 38.6 Å². The first-order chi connectivity index (χ1) is 12.5. The lowest BCUT2D eigenvalue weighted by Gasteiger charge is -2.24. The van der Waals surface area contributed by atoms with Crippen molar-refractivity contribution in [2.24, 2.45) is 0 Å². The highest BCUT2D eigenvalue weighted by molar-refractivity contribution is 5.63. The molecule has 4 rings (SSSR count). The average Bonchev–Trinajstić information content (AvgIpc) is 2.98. The summed E-state index contributed by atoms with van der Waals surface area (Å²) >= 11 is 0. The zero-order valence-electron chi connectivity index (χ0n) is 13.8. The molecular weight excluding hydrogens is 347 g/mol. The molecule has 4 heterocycles. The summed E-state index contributed by atoms with van der Waals surface area (Å²) in [4.78, 5) is 12.1. The fraction of sp³-hybridized carbons (Fsp3) is 0.375. The van der Waals surface area contributed by atoms with Crippen molar-refractivity contribution in [1.82, 2.24) is 24.6 Å². The predicted octanol–water partition coefficient (Wildman–Crippen LogP) is 2.25. The van der Waals surface area contributed by atoms with Crippen molar-refractivity contribution < 1.29 is 13.2 Å². The van der Waals surface area contributed by atoms with E-state index in [4.69, 9.17) is 0 Å². The van der Waals surface area contributed by atoms with Crippen LogP contribution in [0.2, 0.25) is 0 Å². The Labute approximate surface area is 147 Å². The van der Waals surface area contributed by atoms with E-state index in [1.165, 1.54) is 12.3 Å². The van der Waals surface area contributed by atoms with Crippen LogP contribution in [-0.2, 0) is 6.18 Å². The van der Waals surface area contributed by atoms with Crippen LogP contribution in [0.15, 0.2) is 37.1 Å². The van der Waals surface area contributed by atoms with Crippen LogP contribution in [0, 0.1) is 0 Å². The van der Waals surface area contributed by atoms with Gasteiger partial charge in [-0.3, -0.25) is 4.40 Å². The molecule has 1 saturated heterocycles. The third-order valence-electron chi connectivity index (χ3n) is 4.40. The monoisotopic (exact) mass is 363 g/mol. The van der Waals surface area contributed by atoms with E-state index in [-0.39, 0.29) is 0 Å². The van der Waals surface area contributed by atoms with Crippen LogP contribution in [0.4, 0.5) is 24.7 Å². The van der Waals surface area contributed by atoms with Crippen molar-refractivity contribution in [3.05, 3.63) is 42.7 Å². The molecule has 7 nitrogen and oxygen atoms in total. The summed E-state index contributed by atoms with van der Waals surface area (Å²) in [7, 11) is 0. The molecule has 1 fully saturated rings. The van der Waals surface area contributed by atoms with Gasteiger partial charge in [-0.25, -0.2) is 9.97 Å². The Morgan fingerprint density at radius 1 is 0.962 bits per heavy atom. The summed E-state index contributed by atoms with van der Waals surface area (Å²) in [6, 6.07) is 2.50. The summed E-state index contributed by atoms with van der Waals surface area (Å²) < 4.78 is 39.8. The largest absolute Gasteiger partial charge is 0.433 e. The van der Waals surface area contributed by atoms with Crippen LogP contribution in [0.3, 0.4) is 0 Å². The molecule has 1 aliphatic rings. The van der Waals surface area contributed by atoms with Crippen LogP contribution in [0.5, 0.6) is 0 Å². The number of rotatable bonds is 2. The van der Waals surface area contributed by atoms with E-state index in [0.29, 0.717) is 24.4 Å². The van der Waals surface area contributed by atoms with E-state index in [0.717, 1.165) is 31.4 Å². The van der Waals surface area contributed by atoms with Gasteiger partial charge in [0.2, 0.25) is 5.65 Å². The first kappa shape index (κ1) is 16.6. The molecule has 3 aromatic heterocycles. The standard InChI is InChI=1S/C16H16F3N7/c17-16(18,19)13-3-2-12(10-21-13)24-5-1-6-25(9-8-24)14-15-23-22-11-26(15)7-4-20-14/h2-4,7,10-11H,1,5-6,8-9H2. The molecule has 0 aliphatic carbocycles. The second-order valence-electron chi connectivity index (χ2n) is 6.04. The maximum absolute atomic E-state index is 12.7. The van der Waals surface area contributed by atoms with Crippen molar-refractivity contribution >= 4 is 17.2 Å². The highest BCUT2D eigenvalue weighted by atomic mass is 19.4.